The first-order chi connectivity index (χ1) is 12.9. The standard InChI is InChI=1S/C17H20F3N5O3/c1-8-5-9(2)22-16(21-8)25-11(4)12(10(3)24-25)6-14(26)23-13(15(27)28)7-17(18,19)20/h5,13H,6-7H2,1-4H3,(H,23,26)(H,27,28). The molecule has 2 heterocycles. The molecule has 2 N–H and O–H groups in total. The lowest BCUT2D eigenvalue weighted by atomic mass is 10.1. The Balaban J connectivity index is 2.23. The Hall–Kier alpha value is -2.98. The van der Waals surface area contributed by atoms with Gasteiger partial charge in [0.1, 0.15) is 6.04 Å². The van der Waals surface area contributed by atoms with Crippen molar-refractivity contribution in [3.8, 4) is 5.95 Å². The number of nitrogens with zero attached hydrogens (tertiary/aromatic N) is 4. The molecule has 1 unspecified atom stereocenters. The number of carbonyl (C=O) groups is 2. The quantitative estimate of drug-likeness (QED) is 0.768. The third-order valence-corrected chi connectivity index (χ3v) is 4.01. The van der Waals surface area contributed by atoms with Gasteiger partial charge in [0.15, 0.2) is 0 Å². The highest BCUT2D eigenvalue weighted by molar-refractivity contribution is 5.85. The molecule has 8 nitrogen and oxygen atoms in total. The zero-order chi connectivity index (χ0) is 21.2. The van der Waals surface area contributed by atoms with Crippen molar-refractivity contribution in [3.63, 3.8) is 0 Å². The van der Waals surface area contributed by atoms with Gasteiger partial charge in [0, 0.05) is 22.6 Å². The van der Waals surface area contributed by atoms with Crippen molar-refractivity contribution in [2.24, 2.45) is 0 Å². The summed E-state index contributed by atoms with van der Waals surface area (Å²) in [4.78, 5) is 31.8. The van der Waals surface area contributed by atoms with Crippen LogP contribution < -0.4 is 5.32 Å². The highest BCUT2D eigenvalue weighted by Gasteiger charge is 2.36. The molecule has 0 saturated heterocycles. The number of carboxylic acid groups (broad SMARTS) is 1. The fraction of sp³-hybridized carbons (Fsp3) is 0.471. The smallest absolute Gasteiger partial charge is 0.391 e. The minimum absolute atomic E-state index is 0.310. The van der Waals surface area contributed by atoms with Crippen LogP contribution in [0.5, 0.6) is 0 Å². The van der Waals surface area contributed by atoms with Gasteiger partial charge in [-0.3, -0.25) is 4.79 Å². The highest BCUT2D eigenvalue weighted by atomic mass is 19.4. The molecule has 1 atom stereocenters. The lowest BCUT2D eigenvalue weighted by Gasteiger charge is -2.16. The van der Waals surface area contributed by atoms with E-state index in [0.717, 1.165) is 11.4 Å². The number of hydrogen-bond donors (Lipinski definition) is 2. The van der Waals surface area contributed by atoms with Crippen LogP contribution in [0.4, 0.5) is 13.2 Å². The Kier molecular flexibility index (Phi) is 6.05. The molecule has 11 heteroatoms. The number of rotatable bonds is 6. The molecular formula is C17H20F3N5O3. The molecule has 2 aromatic rings. The van der Waals surface area contributed by atoms with Crippen LogP contribution in [0.1, 0.15) is 34.8 Å². The molecule has 2 aromatic heterocycles. The molecule has 0 aliphatic carbocycles. The second-order valence-electron chi connectivity index (χ2n) is 6.47. The fourth-order valence-electron chi connectivity index (χ4n) is 2.77. The Labute approximate surface area is 158 Å². The largest absolute Gasteiger partial charge is 0.480 e. The van der Waals surface area contributed by atoms with Crippen LogP contribution in [-0.2, 0) is 16.0 Å². The SMILES string of the molecule is Cc1cc(C)nc(-n2nc(C)c(CC(=O)NC(CC(F)(F)F)C(=O)O)c2C)n1. The summed E-state index contributed by atoms with van der Waals surface area (Å²) < 4.78 is 38.9. The summed E-state index contributed by atoms with van der Waals surface area (Å²) in [7, 11) is 0. The minimum atomic E-state index is -4.71. The number of alkyl halides is 3. The molecule has 0 aliphatic heterocycles. The molecule has 1 amide bonds. The monoisotopic (exact) mass is 399 g/mol. The molecule has 0 aliphatic rings. The van der Waals surface area contributed by atoms with Crippen molar-refractivity contribution < 1.29 is 27.9 Å². The van der Waals surface area contributed by atoms with Gasteiger partial charge in [-0.1, -0.05) is 0 Å². The Morgan fingerprint density at radius 2 is 1.75 bits per heavy atom. The van der Waals surface area contributed by atoms with Gasteiger partial charge in [0.2, 0.25) is 5.91 Å². The van der Waals surface area contributed by atoms with E-state index >= 15 is 0 Å². The zero-order valence-corrected chi connectivity index (χ0v) is 15.8. The maximum absolute atomic E-state index is 12.5. The van der Waals surface area contributed by atoms with Crippen molar-refractivity contribution in [3.05, 3.63) is 34.4 Å². The van der Waals surface area contributed by atoms with E-state index in [2.05, 4.69) is 15.1 Å². The van der Waals surface area contributed by atoms with Crippen molar-refractivity contribution in [1.82, 2.24) is 25.1 Å². The van der Waals surface area contributed by atoms with Crippen LogP contribution in [-0.4, -0.2) is 48.9 Å². The van der Waals surface area contributed by atoms with Gasteiger partial charge in [0.05, 0.1) is 18.5 Å². The van der Waals surface area contributed by atoms with Crippen molar-refractivity contribution >= 4 is 11.9 Å². The Morgan fingerprint density at radius 3 is 2.25 bits per heavy atom. The summed E-state index contributed by atoms with van der Waals surface area (Å²) in [5, 5.41) is 15.1. The summed E-state index contributed by atoms with van der Waals surface area (Å²) >= 11 is 0. The van der Waals surface area contributed by atoms with Crippen molar-refractivity contribution in [2.75, 3.05) is 0 Å². The molecule has 0 aromatic carbocycles. The second-order valence-corrected chi connectivity index (χ2v) is 6.47. The number of carbonyl (C=O) groups excluding carboxylic acids is 1. The number of aromatic nitrogens is 4. The first kappa shape index (κ1) is 21.3. The fourth-order valence-corrected chi connectivity index (χ4v) is 2.77. The summed E-state index contributed by atoms with van der Waals surface area (Å²) in [6.07, 6.45) is -6.68. The van der Waals surface area contributed by atoms with Crippen LogP contribution in [0.15, 0.2) is 6.07 Å². The van der Waals surface area contributed by atoms with E-state index in [4.69, 9.17) is 5.11 Å². The van der Waals surface area contributed by atoms with E-state index in [1.165, 1.54) is 4.68 Å². The summed E-state index contributed by atoms with van der Waals surface area (Å²) in [5.41, 5.74) is 2.94. The second kappa shape index (κ2) is 7.95. The summed E-state index contributed by atoms with van der Waals surface area (Å²) in [6.45, 7) is 6.91. The maximum atomic E-state index is 12.5. The van der Waals surface area contributed by atoms with Crippen LogP contribution in [0.3, 0.4) is 0 Å². The third-order valence-electron chi connectivity index (χ3n) is 4.01. The summed E-state index contributed by atoms with van der Waals surface area (Å²) in [5.74, 6) is -2.28. The number of amides is 1. The molecule has 0 fully saturated rings. The third kappa shape index (κ3) is 5.27. The molecule has 2 rings (SSSR count). The van der Waals surface area contributed by atoms with Gasteiger partial charge in [-0.05, 0) is 33.8 Å². The average molecular weight is 399 g/mol. The van der Waals surface area contributed by atoms with Crippen LogP contribution in [0, 0.1) is 27.7 Å². The number of carboxylic acids is 1. The number of aliphatic carboxylic acids is 1. The highest BCUT2D eigenvalue weighted by Crippen LogP contribution is 2.22. The predicted octanol–water partition coefficient (Wildman–Crippen LogP) is 1.96. The van der Waals surface area contributed by atoms with E-state index in [9.17, 15) is 22.8 Å². The van der Waals surface area contributed by atoms with Crippen molar-refractivity contribution in [1.29, 1.82) is 0 Å². The van der Waals surface area contributed by atoms with E-state index in [1.54, 1.807) is 33.8 Å². The maximum Gasteiger partial charge on any atom is 0.391 e. The number of nitrogens with one attached hydrogen (secondary N) is 1. The average Bonchev–Trinajstić information content (AvgIpc) is 2.80. The molecule has 28 heavy (non-hydrogen) atoms. The van der Waals surface area contributed by atoms with Gasteiger partial charge in [-0.2, -0.15) is 18.3 Å². The van der Waals surface area contributed by atoms with Gasteiger partial charge in [-0.25, -0.2) is 19.4 Å². The predicted molar refractivity (Wildman–Crippen MR) is 92.0 cm³/mol. The molecule has 0 spiro atoms. The van der Waals surface area contributed by atoms with Crippen LogP contribution in [0.25, 0.3) is 5.95 Å². The molecular weight excluding hydrogens is 379 g/mol. The van der Waals surface area contributed by atoms with Gasteiger partial charge < -0.3 is 10.4 Å². The lowest BCUT2D eigenvalue weighted by Crippen LogP contribution is -2.44. The number of hydrogen-bond acceptors (Lipinski definition) is 5. The van der Waals surface area contributed by atoms with Crippen LogP contribution in [0.2, 0.25) is 0 Å². The van der Waals surface area contributed by atoms with Gasteiger partial charge in [0.25, 0.3) is 5.95 Å². The number of aryl methyl sites for hydroxylation is 3. The normalized spacial score (nSPS) is 12.7. The van der Waals surface area contributed by atoms with Crippen molar-refractivity contribution in [2.45, 2.75) is 52.8 Å². The van der Waals surface area contributed by atoms with Crippen LogP contribution >= 0.6 is 0 Å². The minimum Gasteiger partial charge on any atom is -0.480 e. The molecule has 0 bridgehead atoms. The van der Waals surface area contributed by atoms with E-state index < -0.39 is 30.5 Å². The topological polar surface area (TPSA) is 110 Å². The summed E-state index contributed by atoms with van der Waals surface area (Å²) in [6, 6.07) is -0.262. The lowest BCUT2D eigenvalue weighted by molar-refractivity contribution is -0.159. The first-order valence-corrected chi connectivity index (χ1v) is 8.34. The van der Waals surface area contributed by atoms with E-state index in [-0.39, 0.29) is 6.42 Å². The number of halogens is 3. The Bertz CT molecular complexity index is 888. The van der Waals surface area contributed by atoms with Gasteiger partial charge in [-0.15, -0.1) is 0 Å². The molecule has 0 radical (unpaired) electrons. The zero-order valence-electron chi connectivity index (χ0n) is 15.8. The Morgan fingerprint density at radius 1 is 1.18 bits per heavy atom. The van der Waals surface area contributed by atoms with Gasteiger partial charge >= 0.3 is 12.1 Å². The molecule has 0 saturated carbocycles. The first-order valence-electron chi connectivity index (χ1n) is 8.34. The van der Waals surface area contributed by atoms with E-state index in [0.29, 0.717) is 22.9 Å². The molecule has 152 valence electrons. The van der Waals surface area contributed by atoms with E-state index in [1.807, 2.05) is 5.32 Å².